The van der Waals surface area contributed by atoms with E-state index < -0.39 is 0 Å². The molecule has 1 aliphatic carbocycles. The molecule has 1 aromatic heterocycles. The number of rotatable bonds is 3. The van der Waals surface area contributed by atoms with Crippen LogP contribution in [0.15, 0.2) is 6.33 Å². The quantitative estimate of drug-likeness (QED) is 0.849. The zero-order chi connectivity index (χ0) is 13.8. The molecule has 0 radical (unpaired) electrons. The van der Waals surface area contributed by atoms with Gasteiger partial charge in [-0.25, -0.2) is 9.48 Å². The largest absolute Gasteiger partial charge is 0.393 e. The monoisotopic (exact) mass is 267 g/mol. The molecule has 1 fully saturated rings. The van der Waals surface area contributed by atoms with E-state index in [-0.39, 0.29) is 18.1 Å². The second-order valence-corrected chi connectivity index (χ2v) is 5.13. The standard InChI is InChI=1S/C12H21N5O2/c1-16(7-9-5-3-4-6-10(9)18)12(19)15-11-13-8-14-17(11)2/h8-10,18H,3-7H2,1-2H3,(H,13,14,15,19)/t9-,10+/m0/s1. The molecule has 2 amide bonds. The highest BCUT2D eigenvalue weighted by molar-refractivity contribution is 5.87. The van der Waals surface area contributed by atoms with E-state index in [0.717, 1.165) is 25.7 Å². The molecule has 0 aromatic carbocycles. The number of anilines is 1. The Bertz CT molecular complexity index is 434. The molecule has 19 heavy (non-hydrogen) atoms. The van der Waals surface area contributed by atoms with E-state index in [1.165, 1.54) is 11.0 Å². The predicted octanol–water partition coefficient (Wildman–Crippen LogP) is 0.830. The molecule has 2 rings (SSSR count). The SMILES string of the molecule is CN(C[C@@H]1CCCC[C@H]1O)C(=O)Nc1ncnn1C. The zero-order valence-corrected chi connectivity index (χ0v) is 11.4. The van der Waals surface area contributed by atoms with E-state index in [1.807, 2.05) is 0 Å². The fourth-order valence-corrected chi connectivity index (χ4v) is 2.44. The number of aromatic nitrogens is 3. The molecular formula is C12H21N5O2. The molecule has 1 saturated carbocycles. The van der Waals surface area contributed by atoms with Crippen molar-refractivity contribution >= 4 is 12.0 Å². The predicted molar refractivity (Wildman–Crippen MR) is 70.6 cm³/mol. The number of aryl methyl sites for hydroxylation is 1. The lowest BCUT2D eigenvalue weighted by atomic mass is 9.86. The molecule has 2 N–H and O–H groups in total. The fraction of sp³-hybridized carbons (Fsp3) is 0.750. The van der Waals surface area contributed by atoms with Gasteiger partial charge >= 0.3 is 6.03 Å². The topological polar surface area (TPSA) is 83.3 Å². The van der Waals surface area contributed by atoms with Gasteiger partial charge in [0.2, 0.25) is 5.95 Å². The number of aliphatic hydroxyl groups excluding tert-OH is 1. The number of amides is 2. The summed E-state index contributed by atoms with van der Waals surface area (Å²) in [5.74, 6) is 0.588. The molecule has 0 saturated heterocycles. The van der Waals surface area contributed by atoms with Crippen molar-refractivity contribution in [3.8, 4) is 0 Å². The van der Waals surface area contributed by atoms with Crippen LogP contribution in [0.2, 0.25) is 0 Å². The summed E-state index contributed by atoms with van der Waals surface area (Å²) < 4.78 is 1.50. The van der Waals surface area contributed by atoms with Gasteiger partial charge in [0.1, 0.15) is 6.33 Å². The normalized spacial score (nSPS) is 23.1. The van der Waals surface area contributed by atoms with Crippen molar-refractivity contribution < 1.29 is 9.90 Å². The van der Waals surface area contributed by atoms with Gasteiger partial charge in [-0.05, 0) is 12.8 Å². The molecule has 7 nitrogen and oxygen atoms in total. The lowest BCUT2D eigenvalue weighted by molar-refractivity contribution is 0.0575. The van der Waals surface area contributed by atoms with Gasteiger partial charge in [-0.3, -0.25) is 5.32 Å². The Morgan fingerprint density at radius 1 is 1.58 bits per heavy atom. The third-order valence-electron chi connectivity index (χ3n) is 3.65. The summed E-state index contributed by atoms with van der Waals surface area (Å²) in [6, 6.07) is -0.228. The van der Waals surface area contributed by atoms with Crippen molar-refractivity contribution in [2.24, 2.45) is 13.0 Å². The van der Waals surface area contributed by atoms with Crippen molar-refractivity contribution in [1.29, 1.82) is 0 Å². The maximum atomic E-state index is 12.0. The van der Waals surface area contributed by atoms with Gasteiger partial charge in [-0.15, -0.1) is 0 Å². The molecule has 0 bridgehead atoms. The molecule has 106 valence electrons. The summed E-state index contributed by atoms with van der Waals surface area (Å²) in [5.41, 5.74) is 0. The van der Waals surface area contributed by atoms with Gasteiger partial charge in [0, 0.05) is 26.6 Å². The summed E-state index contributed by atoms with van der Waals surface area (Å²) in [6.07, 6.45) is 5.11. The number of carbonyl (C=O) groups is 1. The second-order valence-electron chi connectivity index (χ2n) is 5.13. The minimum absolute atomic E-state index is 0.170. The van der Waals surface area contributed by atoms with Gasteiger partial charge in [0.15, 0.2) is 0 Å². The van der Waals surface area contributed by atoms with Crippen molar-refractivity contribution in [3.05, 3.63) is 6.33 Å². The molecular weight excluding hydrogens is 246 g/mol. The van der Waals surface area contributed by atoms with E-state index in [4.69, 9.17) is 0 Å². The average molecular weight is 267 g/mol. The highest BCUT2D eigenvalue weighted by Crippen LogP contribution is 2.24. The Hall–Kier alpha value is -1.63. The Morgan fingerprint density at radius 2 is 2.32 bits per heavy atom. The second kappa shape index (κ2) is 6.01. The van der Waals surface area contributed by atoms with Crippen LogP contribution in [-0.2, 0) is 7.05 Å². The van der Waals surface area contributed by atoms with Crippen molar-refractivity contribution in [2.75, 3.05) is 18.9 Å². The van der Waals surface area contributed by atoms with Crippen LogP contribution in [-0.4, -0.2) is 50.5 Å². The lowest BCUT2D eigenvalue weighted by Gasteiger charge is -2.31. The molecule has 0 unspecified atom stereocenters. The van der Waals surface area contributed by atoms with Gasteiger partial charge in [-0.1, -0.05) is 12.8 Å². The van der Waals surface area contributed by atoms with Crippen LogP contribution in [0.1, 0.15) is 25.7 Å². The Balaban J connectivity index is 1.87. The first-order chi connectivity index (χ1) is 9.08. The van der Waals surface area contributed by atoms with Gasteiger partial charge in [0.25, 0.3) is 0 Å². The van der Waals surface area contributed by atoms with Crippen LogP contribution in [0.3, 0.4) is 0 Å². The van der Waals surface area contributed by atoms with Crippen LogP contribution in [0.5, 0.6) is 0 Å². The Kier molecular flexibility index (Phi) is 4.36. The maximum absolute atomic E-state index is 12.0. The van der Waals surface area contributed by atoms with E-state index in [2.05, 4.69) is 15.4 Å². The molecule has 2 atom stereocenters. The van der Waals surface area contributed by atoms with Gasteiger partial charge in [-0.2, -0.15) is 10.1 Å². The minimum atomic E-state index is -0.293. The van der Waals surface area contributed by atoms with Crippen molar-refractivity contribution in [3.63, 3.8) is 0 Å². The fourth-order valence-electron chi connectivity index (χ4n) is 2.44. The third-order valence-corrected chi connectivity index (χ3v) is 3.65. The molecule has 1 aromatic rings. The maximum Gasteiger partial charge on any atom is 0.323 e. The molecule has 0 aliphatic heterocycles. The number of nitrogens with zero attached hydrogens (tertiary/aromatic N) is 4. The van der Waals surface area contributed by atoms with Crippen molar-refractivity contribution in [1.82, 2.24) is 19.7 Å². The minimum Gasteiger partial charge on any atom is -0.393 e. The van der Waals surface area contributed by atoms with Crippen LogP contribution in [0.25, 0.3) is 0 Å². The van der Waals surface area contributed by atoms with Gasteiger partial charge in [0.05, 0.1) is 6.10 Å². The first-order valence-electron chi connectivity index (χ1n) is 6.62. The van der Waals surface area contributed by atoms with Crippen LogP contribution < -0.4 is 5.32 Å². The Labute approximate surface area is 112 Å². The van der Waals surface area contributed by atoms with Gasteiger partial charge < -0.3 is 10.0 Å². The van der Waals surface area contributed by atoms with Crippen LogP contribution >= 0.6 is 0 Å². The molecule has 0 spiro atoms. The summed E-state index contributed by atoms with van der Waals surface area (Å²) in [6.45, 7) is 0.560. The first-order valence-corrected chi connectivity index (χ1v) is 6.62. The average Bonchev–Trinajstić information content (AvgIpc) is 2.78. The van der Waals surface area contributed by atoms with E-state index >= 15 is 0 Å². The number of urea groups is 1. The highest BCUT2D eigenvalue weighted by Gasteiger charge is 2.25. The van der Waals surface area contributed by atoms with Crippen LogP contribution in [0.4, 0.5) is 10.7 Å². The zero-order valence-electron chi connectivity index (χ0n) is 11.4. The van der Waals surface area contributed by atoms with E-state index in [0.29, 0.717) is 12.5 Å². The van der Waals surface area contributed by atoms with Crippen molar-refractivity contribution in [2.45, 2.75) is 31.8 Å². The van der Waals surface area contributed by atoms with E-state index in [9.17, 15) is 9.90 Å². The van der Waals surface area contributed by atoms with E-state index in [1.54, 1.807) is 19.0 Å². The number of hydrogen-bond acceptors (Lipinski definition) is 4. The van der Waals surface area contributed by atoms with Crippen LogP contribution in [0, 0.1) is 5.92 Å². The summed E-state index contributed by atoms with van der Waals surface area (Å²) in [4.78, 5) is 17.5. The first kappa shape index (κ1) is 13.8. The molecule has 7 heteroatoms. The number of hydrogen-bond donors (Lipinski definition) is 2. The number of carbonyl (C=O) groups excluding carboxylic acids is 1. The lowest BCUT2D eigenvalue weighted by Crippen LogP contribution is -2.40. The summed E-state index contributed by atoms with van der Waals surface area (Å²) in [7, 11) is 3.44. The molecule has 1 heterocycles. The summed E-state index contributed by atoms with van der Waals surface area (Å²) >= 11 is 0. The Morgan fingerprint density at radius 3 is 2.95 bits per heavy atom. The highest BCUT2D eigenvalue weighted by atomic mass is 16.3. The number of nitrogens with one attached hydrogen (secondary N) is 1. The summed E-state index contributed by atoms with van der Waals surface area (Å²) in [5, 5.41) is 16.5. The number of aliphatic hydroxyl groups is 1. The molecule has 1 aliphatic rings. The third kappa shape index (κ3) is 3.44. The smallest absolute Gasteiger partial charge is 0.323 e.